The smallest absolute Gasteiger partial charge is 0.0991 e. The van der Waals surface area contributed by atoms with Crippen LogP contribution in [0.1, 0.15) is 30.2 Å². The Bertz CT molecular complexity index is 599. The highest BCUT2D eigenvalue weighted by atomic mass is 15.0. The summed E-state index contributed by atoms with van der Waals surface area (Å²) < 4.78 is 2.40. The lowest BCUT2D eigenvalue weighted by molar-refractivity contribution is 0.739. The second-order valence-corrected chi connectivity index (χ2v) is 4.37. The van der Waals surface area contributed by atoms with Crippen molar-refractivity contribution >= 4 is 10.9 Å². The van der Waals surface area contributed by atoms with Crippen molar-refractivity contribution in [1.82, 2.24) is 4.57 Å². The van der Waals surface area contributed by atoms with E-state index in [-0.39, 0.29) is 0 Å². The van der Waals surface area contributed by atoms with Crippen molar-refractivity contribution in [1.29, 1.82) is 5.26 Å². The van der Waals surface area contributed by atoms with Crippen molar-refractivity contribution in [3.8, 4) is 6.07 Å². The number of rotatable bonds is 1. The molecule has 0 aliphatic heterocycles. The number of fused-ring (bicyclic) bond motifs is 3. The Morgan fingerprint density at radius 1 is 1.38 bits per heavy atom. The van der Waals surface area contributed by atoms with E-state index in [1.807, 2.05) is 12.1 Å². The fraction of sp³-hybridized carbons (Fsp3) is 0.357. The average molecular weight is 210 g/mol. The quantitative estimate of drug-likeness (QED) is 0.711. The molecule has 0 fully saturated rings. The maximum Gasteiger partial charge on any atom is 0.0991 e. The molecule has 0 unspecified atom stereocenters. The van der Waals surface area contributed by atoms with Gasteiger partial charge in [-0.3, -0.25) is 0 Å². The SMILES string of the molecule is CCn1c2c(c3cc(C#N)ccc31)CCC2. The minimum atomic E-state index is 0.774. The minimum Gasteiger partial charge on any atom is -0.345 e. The molecular weight excluding hydrogens is 196 g/mol. The van der Waals surface area contributed by atoms with Crippen LogP contribution < -0.4 is 0 Å². The summed E-state index contributed by atoms with van der Waals surface area (Å²) in [6.07, 6.45) is 3.63. The minimum absolute atomic E-state index is 0.774. The number of aromatic nitrogens is 1. The van der Waals surface area contributed by atoms with Gasteiger partial charge in [-0.25, -0.2) is 0 Å². The highest BCUT2D eigenvalue weighted by Crippen LogP contribution is 2.33. The molecule has 1 aromatic carbocycles. The summed E-state index contributed by atoms with van der Waals surface area (Å²) in [7, 11) is 0. The van der Waals surface area contributed by atoms with E-state index < -0.39 is 0 Å². The normalized spacial score (nSPS) is 14.0. The van der Waals surface area contributed by atoms with Crippen molar-refractivity contribution < 1.29 is 0 Å². The van der Waals surface area contributed by atoms with Gasteiger partial charge in [-0.15, -0.1) is 0 Å². The lowest BCUT2D eigenvalue weighted by atomic mass is 10.1. The summed E-state index contributed by atoms with van der Waals surface area (Å²) in [6.45, 7) is 3.22. The monoisotopic (exact) mass is 210 g/mol. The Morgan fingerprint density at radius 3 is 3.00 bits per heavy atom. The van der Waals surface area contributed by atoms with Crippen molar-refractivity contribution in [2.24, 2.45) is 0 Å². The predicted molar refractivity (Wildman–Crippen MR) is 64.4 cm³/mol. The first kappa shape index (κ1) is 9.47. The number of hydrogen-bond acceptors (Lipinski definition) is 1. The second-order valence-electron chi connectivity index (χ2n) is 4.37. The van der Waals surface area contributed by atoms with Crippen LogP contribution in [0.25, 0.3) is 10.9 Å². The molecule has 2 aromatic rings. The van der Waals surface area contributed by atoms with E-state index in [0.29, 0.717) is 0 Å². The van der Waals surface area contributed by atoms with Crippen LogP contribution in [0.5, 0.6) is 0 Å². The Labute approximate surface area is 95.1 Å². The van der Waals surface area contributed by atoms with Crippen LogP contribution in [0.3, 0.4) is 0 Å². The molecule has 0 spiro atoms. The maximum absolute atomic E-state index is 8.95. The lowest BCUT2D eigenvalue weighted by Gasteiger charge is -2.05. The van der Waals surface area contributed by atoms with E-state index in [4.69, 9.17) is 5.26 Å². The van der Waals surface area contributed by atoms with E-state index >= 15 is 0 Å². The molecular formula is C14H14N2. The van der Waals surface area contributed by atoms with Gasteiger partial charge in [0.2, 0.25) is 0 Å². The van der Waals surface area contributed by atoms with Gasteiger partial charge < -0.3 is 4.57 Å². The maximum atomic E-state index is 8.95. The third-order valence-electron chi connectivity index (χ3n) is 3.57. The summed E-state index contributed by atoms with van der Waals surface area (Å²) in [6, 6.07) is 8.29. The fourth-order valence-electron chi connectivity index (χ4n) is 2.91. The van der Waals surface area contributed by atoms with Gasteiger partial charge in [0.25, 0.3) is 0 Å². The Morgan fingerprint density at radius 2 is 2.25 bits per heavy atom. The van der Waals surface area contributed by atoms with Crippen LogP contribution >= 0.6 is 0 Å². The highest BCUT2D eigenvalue weighted by molar-refractivity contribution is 5.87. The van der Waals surface area contributed by atoms with Gasteiger partial charge in [-0.05, 0) is 49.9 Å². The topological polar surface area (TPSA) is 28.7 Å². The summed E-state index contributed by atoms with van der Waals surface area (Å²) in [5.74, 6) is 0. The van der Waals surface area contributed by atoms with E-state index in [2.05, 4.69) is 23.6 Å². The standard InChI is InChI=1S/C14H14N2/c1-2-16-13-5-3-4-11(13)12-8-10(9-15)6-7-14(12)16/h6-8H,2-5H2,1H3. The van der Waals surface area contributed by atoms with E-state index in [1.165, 1.54) is 41.4 Å². The van der Waals surface area contributed by atoms with Crippen LogP contribution in [0, 0.1) is 11.3 Å². The van der Waals surface area contributed by atoms with Crippen molar-refractivity contribution in [3.05, 3.63) is 35.0 Å². The zero-order valence-electron chi connectivity index (χ0n) is 9.45. The molecule has 0 radical (unpaired) electrons. The van der Waals surface area contributed by atoms with Crippen molar-refractivity contribution in [2.45, 2.75) is 32.7 Å². The molecule has 3 rings (SSSR count). The van der Waals surface area contributed by atoms with Gasteiger partial charge in [0.1, 0.15) is 0 Å². The number of nitrogens with zero attached hydrogens (tertiary/aromatic N) is 2. The molecule has 80 valence electrons. The van der Waals surface area contributed by atoms with Gasteiger partial charge >= 0.3 is 0 Å². The number of hydrogen-bond donors (Lipinski definition) is 0. The summed E-state index contributed by atoms with van der Waals surface area (Å²) in [4.78, 5) is 0. The van der Waals surface area contributed by atoms with Crippen LogP contribution in [-0.2, 0) is 19.4 Å². The number of aryl methyl sites for hydroxylation is 2. The zero-order chi connectivity index (χ0) is 11.1. The molecule has 0 saturated carbocycles. The van der Waals surface area contributed by atoms with Crippen LogP contribution in [0.15, 0.2) is 18.2 Å². The van der Waals surface area contributed by atoms with Gasteiger partial charge in [-0.2, -0.15) is 5.26 Å². The van der Waals surface area contributed by atoms with E-state index in [1.54, 1.807) is 0 Å². The van der Waals surface area contributed by atoms with E-state index in [9.17, 15) is 0 Å². The number of benzene rings is 1. The first-order chi connectivity index (χ1) is 7.85. The molecule has 1 aromatic heterocycles. The van der Waals surface area contributed by atoms with Gasteiger partial charge in [-0.1, -0.05) is 0 Å². The van der Waals surface area contributed by atoms with Crippen LogP contribution in [0.4, 0.5) is 0 Å². The molecule has 2 heteroatoms. The fourth-order valence-corrected chi connectivity index (χ4v) is 2.91. The Hall–Kier alpha value is -1.75. The summed E-state index contributed by atoms with van der Waals surface area (Å²) in [5.41, 5.74) is 5.04. The first-order valence-electron chi connectivity index (χ1n) is 5.89. The molecule has 0 N–H and O–H groups in total. The molecule has 0 amide bonds. The lowest BCUT2D eigenvalue weighted by Crippen LogP contribution is -1.98. The van der Waals surface area contributed by atoms with Crippen molar-refractivity contribution in [2.75, 3.05) is 0 Å². The summed E-state index contributed by atoms with van der Waals surface area (Å²) in [5, 5.41) is 10.3. The third kappa shape index (κ3) is 1.12. The first-order valence-corrected chi connectivity index (χ1v) is 5.89. The molecule has 0 bridgehead atoms. The van der Waals surface area contributed by atoms with E-state index in [0.717, 1.165) is 12.1 Å². The van der Waals surface area contributed by atoms with Crippen LogP contribution in [0.2, 0.25) is 0 Å². The van der Waals surface area contributed by atoms with Gasteiger partial charge in [0.15, 0.2) is 0 Å². The van der Waals surface area contributed by atoms with Gasteiger partial charge in [0, 0.05) is 23.1 Å². The summed E-state index contributed by atoms with van der Waals surface area (Å²) >= 11 is 0. The predicted octanol–water partition coefficient (Wildman–Crippen LogP) is 3.02. The molecule has 1 heterocycles. The molecule has 0 saturated heterocycles. The number of nitriles is 1. The Kier molecular flexibility index (Phi) is 2.00. The molecule has 1 aliphatic carbocycles. The molecule has 0 atom stereocenters. The molecule has 2 nitrogen and oxygen atoms in total. The molecule has 1 aliphatic rings. The zero-order valence-corrected chi connectivity index (χ0v) is 9.45. The largest absolute Gasteiger partial charge is 0.345 e. The van der Waals surface area contributed by atoms with Crippen molar-refractivity contribution in [3.63, 3.8) is 0 Å². The van der Waals surface area contributed by atoms with Gasteiger partial charge in [0.05, 0.1) is 11.6 Å². The van der Waals surface area contributed by atoms with Crippen LogP contribution in [-0.4, -0.2) is 4.57 Å². The Balaban J connectivity index is 2.38. The molecule has 16 heavy (non-hydrogen) atoms. The third-order valence-corrected chi connectivity index (χ3v) is 3.57. The average Bonchev–Trinajstić information content (AvgIpc) is 2.88. The second kappa shape index (κ2) is 3.38. The highest BCUT2D eigenvalue weighted by Gasteiger charge is 2.20.